The van der Waals surface area contributed by atoms with Crippen molar-refractivity contribution in [2.24, 2.45) is 5.92 Å². The minimum absolute atomic E-state index is 0.00810. The van der Waals surface area contributed by atoms with E-state index in [-0.39, 0.29) is 22.6 Å². The van der Waals surface area contributed by atoms with Gasteiger partial charge in [0.05, 0.1) is 0 Å². The van der Waals surface area contributed by atoms with Crippen LogP contribution in [0, 0.1) is 36.1 Å². The summed E-state index contributed by atoms with van der Waals surface area (Å²) in [6.07, 6.45) is 6.06. The van der Waals surface area contributed by atoms with Gasteiger partial charge in [-0.3, -0.25) is 0 Å². The Morgan fingerprint density at radius 3 is 1.96 bits per heavy atom. The first kappa shape index (κ1) is 18.9. The fourth-order valence-corrected chi connectivity index (χ4v) is 4.11. The number of halogens is 4. The van der Waals surface area contributed by atoms with Gasteiger partial charge in [-0.1, -0.05) is 44.0 Å². The average molecular weight is 364 g/mol. The van der Waals surface area contributed by atoms with Crippen LogP contribution in [0.2, 0.25) is 0 Å². The van der Waals surface area contributed by atoms with E-state index in [1.54, 1.807) is 0 Å². The Kier molecular flexibility index (Phi) is 5.69. The summed E-state index contributed by atoms with van der Waals surface area (Å²) >= 11 is 0. The molecule has 0 atom stereocenters. The molecule has 0 radical (unpaired) electrons. The molecular formula is C22H24F4. The van der Waals surface area contributed by atoms with Crippen molar-refractivity contribution in [1.29, 1.82) is 0 Å². The smallest absolute Gasteiger partial charge is 0.167 e. The van der Waals surface area contributed by atoms with Gasteiger partial charge in [-0.15, -0.1) is 0 Å². The van der Waals surface area contributed by atoms with E-state index in [1.165, 1.54) is 37.6 Å². The number of aryl methyl sites for hydroxylation is 1. The highest BCUT2D eigenvalue weighted by molar-refractivity contribution is 5.66. The molecule has 140 valence electrons. The highest BCUT2D eigenvalue weighted by Crippen LogP contribution is 2.40. The molecule has 4 heteroatoms. The van der Waals surface area contributed by atoms with Crippen molar-refractivity contribution in [3.05, 3.63) is 58.7 Å². The van der Waals surface area contributed by atoms with E-state index in [0.29, 0.717) is 11.5 Å². The first-order chi connectivity index (χ1) is 12.4. The van der Waals surface area contributed by atoms with Crippen LogP contribution < -0.4 is 0 Å². The van der Waals surface area contributed by atoms with Crippen LogP contribution in [0.15, 0.2) is 24.3 Å². The zero-order chi connectivity index (χ0) is 18.8. The lowest BCUT2D eigenvalue weighted by Crippen LogP contribution is -2.15. The SMILES string of the molecule is CCC[C@H]1CC[C@H](c2ccc(-c3ccc(C)c(F)c3F)c(F)c2F)CC1. The number of rotatable bonds is 4. The summed E-state index contributed by atoms with van der Waals surface area (Å²) < 4.78 is 57.3. The standard InChI is InChI=1S/C22H24F4/c1-3-4-14-6-8-15(9-7-14)16-11-12-18(22(26)20(16)24)17-10-5-13(2)19(23)21(17)25/h5,10-12,14-15H,3-4,6-9H2,1-2H3/t14-,15-. The maximum Gasteiger partial charge on any atom is 0.167 e. The lowest BCUT2D eigenvalue weighted by atomic mass is 9.77. The summed E-state index contributed by atoms with van der Waals surface area (Å²) in [6.45, 7) is 3.59. The van der Waals surface area contributed by atoms with E-state index >= 15 is 0 Å². The second-order valence-electron chi connectivity index (χ2n) is 7.39. The van der Waals surface area contributed by atoms with Gasteiger partial charge in [0, 0.05) is 11.1 Å². The molecule has 0 N–H and O–H groups in total. The molecule has 0 aliphatic heterocycles. The quantitative estimate of drug-likeness (QED) is 0.500. The number of benzene rings is 2. The summed E-state index contributed by atoms with van der Waals surface area (Å²) in [6, 6.07) is 5.57. The summed E-state index contributed by atoms with van der Waals surface area (Å²) in [7, 11) is 0. The molecule has 1 fully saturated rings. The summed E-state index contributed by atoms with van der Waals surface area (Å²) in [5.41, 5.74) is 0.00630. The van der Waals surface area contributed by atoms with E-state index in [2.05, 4.69) is 6.92 Å². The third-order valence-electron chi connectivity index (χ3n) is 5.66. The summed E-state index contributed by atoms with van der Waals surface area (Å²) in [4.78, 5) is 0. The van der Waals surface area contributed by atoms with Gasteiger partial charge in [-0.05, 0) is 55.6 Å². The van der Waals surface area contributed by atoms with Crippen molar-refractivity contribution >= 4 is 0 Å². The Labute approximate surface area is 152 Å². The van der Waals surface area contributed by atoms with Crippen LogP contribution in [0.5, 0.6) is 0 Å². The first-order valence-electron chi connectivity index (χ1n) is 9.36. The molecule has 0 bridgehead atoms. The summed E-state index contributed by atoms with van der Waals surface area (Å²) in [5, 5.41) is 0. The van der Waals surface area contributed by atoms with Gasteiger partial charge in [-0.25, -0.2) is 17.6 Å². The molecule has 2 aromatic rings. The van der Waals surface area contributed by atoms with Crippen LogP contribution in [0.25, 0.3) is 11.1 Å². The van der Waals surface area contributed by atoms with Crippen molar-refractivity contribution in [3.63, 3.8) is 0 Å². The van der Waals surface area contributed by atoms with Gasteiger partial charge in [0.2, 0.25) is 0 Å². The van der Waals surface area contributed by atoms with Gasteiger partial charge in [0.25, 0.3) is 0 Å². The highest BCUT2D eigenvalue weighted by Gasteiger charge is 2.27. The van der Waals surface area contributed by atoms with Crippen LogP contribution in [-0.4, -0.2) is 0 Å². The minimum Gasteiger partial charge on any atom is -0.203 e. The first-order valence-corrected chi connectivity index (χ1v) is 9.36. The molecule has 0 amide bonds. The van der Waals surface area contributed by atoms with E-state index < -0.39 is 23.3 Å². The lowest BCUT2D eigenvalue weighted by Gasteiger charge is -2.29. The molecule has 0 aromatic heterocycles. The topological polar surface area (TPSA) is 0 Å². The minimum atomic E-state index is -1.14. The molecule has 0 saturated heterocycles. The molecular weight excluding hydrogens is 340 g/mol. The second kappa shape index (κ2) is 7.81. The number of hydrogen-bond donors (Lipinski definition) is 0. The maximum atomic E-state index is 14.7. The molecule has 3 rings (SSSR count). The van der Waals surface area contributed by atoms with E-state index in [4.69, 9.17) is 0 Å². The van der Waals surface area contributed by atoms with Crippen molar-refractivity contribution < 1.29 is 17.6 Å². The van der Waals surface area contributed by atoms with E-state index in [0.717, 1.165) is 32.1 Å². The van der Waals surface area contributed by atoms with Gasteiger partial charge < -0.3 is 0 Å². The highest BCUT2D eigenvalue weighted by atomic mass is 19.2. The molecule has 0 nitrogen and oxygen atoms in total. The third kappa shape index (κ3) is 3.51. The van der Waals surface area contributed by atoms with Crippen LogP contribution in [0.4, 0.5) is 17.6 Å². The predicted molar refractivity (Wildman–Crippen MR) is 96.1 cm³/mol. The Bertz CT molecular complexity index is 789. The van der Waals surface area contributed by atoms with Gasteiger partial charge in [0.15, 0.2) is 23.3 Å². The lowest BCUT2D eigenvalue weighted by molar-refractivity contribution is 0.303. The zero-order valence-electron chi connectivity index (χ0n) is 15.2. The predicted octanol–water partition coefficient (Wildman–Crippen LogP) is 7.29. The molecule has 1 aliphatic rings. The fraction of sp³-hybridized carbons (Fsp3) is 0.455. The van der Waals surface area contributed by atoms with Crippen LogP contribution in [0.3, 0.4) is 0 Å². The third-order valence-corrected chi connectivity index (χ3v) is 5.66. The Morgan fingerprint density at radius 1 is 0.769 bits per heavy atom. The fourth-order valence-electron chi connectivity index (χ4n) is 4.11. The normalized spacial score (nSPS) is 20.4. The van der Waals surface area contributed by atoms with Gasteiger partial charge >= 0.3 is 0 Å². The van der Waals surface area contributed by atoms with Crippen molar-refractivity contribution in [3.8, 4) is 11.1 Å². The zero-order valence-corrected chi connectivity index (χ0v) is 15.2. The van der Waals surface area contributed by atoms with Crippen LogP contribution >= 0.6 is 0 Å². The van der Waals surface area contributed by atoms with Crippen molar-refractivity contribution in [2.45, 2.75) is 58.3 Å². The molecule has 0 unspecified atom stereocenters. The van der Waals surface area contributed by atoms with E-state index in [9.17, 15) is 17.6 Å². The molecule has 1 aliphatic carbocycles. The molecule has 0 spiro atoms. The van der Waals surface area contributed by atoms with Gasteiger partial charge in [-0.2, -0.15) is 0 Å². The monoisotopic (exact) mass is 364 g/mol. The van der Waals surface area contributed by atoms with Gasteiger partial charge in [0.1, 0.15) is 0 Å². The number of hydrogen-bond acceptors (Lipinski definition) is 0. The second-order valence-corrected chi connectivity index (χ2v) is 7.39. The van der Waals surface area contributed by atoms with E-state index in [1.807, 2.05) is 0 Å². The largest absolute Gasteiger partial charge is 0.203 e. The average Bonchev–Trinajstić information content (AvgIpc) is 2.64. The van der Waals surface area contributed by atoms with Crippen LogP contribution in [0.1, 0.15) is 62.5 Å². The Balaban J connectivity index is 1.89. The Hall–Kier alpha value is -1.84. The summed E-state index contributed by atoms with van der Waals surface area (Å²) in [5.74, 6) is -3.53. The van der Waals surface area contributed by atoms with Crippen molar-refractivity contribution in [1.82, 2.24) is 0 Å². The maximum absolute atomic E-state index is 14.7. The Morgan fingerprint density at radius 2 is 1.35 bits per heavy atom. The molecule has 1 saturated carbocycles. The molecule has 26 heavy (non-hydrogen) atoms. The van der Waals surface area contributed by atoms with Crippen molar-refractivity contribution in [2.75, 3.05) is 0 Å². The molecule has 2 aromatic carbocycles. The molecule has 0 heterocycles. The van der Waals surface area contributed by atoms with Crippen LogP contribution in [-0.2, 0) is 0 Å².